The van der Waals surface area contributed by atoms with Gasteiger partial charge in [0.25, 0.3) is 5.91 Å². The van der Waals surface area contributed by atoms with Gasteiger partial charge in [0.05, 0.1) is 23.7 Å². The molecule has 9 heteroatoms. The summed E-state index contributed by atoms with van der Waals surface area (Å²) in [6.45, 7) is 5.84. The molecule has 3 rings (SSSR count). The van der Waals surface area contributed by atoms with E-state index in [0.29, 0.717) is 29.4 Å². The van der Waals surface area contributed by atoms with Crippen LogP contribution in [0.5, 0.6) is 0 Å². The van der Waals surface area contributed by atoms with Gasteiger partial charge in [0.15, 0.2) is 5.69 Å². The van der Waals surface area contributed by atoms with E-state index in [0.717, 1.165) is 6.07 Å². The van der Waals surface area contributed by atoms with Crippen LogP contribution in [0.3, 0.4) is 0 Å². The van der Waals surface area contributed by atoms with Crippen LogP contribution in [0.1, 0.15) is 48.8 Å². The lowest BCUT2D eigenvalue weighted by molar-refractivity contribution is -0.125. The monoisotopic (exact) mass is 465 g/mol. The Morgan fingerprint density at radius 2 is 1.97 bits per heavy atom. The van der Waals surface area contributed by atoms with Crippen molar-refractivity contribution in [3.63, 3.8) is 0 Å². The molecular formula is C25H28FN5O3. The van der Waals surface area contributed by atoms with E-state index in [2.05, 4.69) is 15.7 Å². The van der Waals surface area contributed by atoms with E-state index in [9.17, 15) is 14.0 Å². The SMILES string of the molecule is CC(C)(C)[C@H](NC(=O)c1nn(Cc2ccc(C#N)cc2F)c2ccccc12)C(=O)NCCCO. The van der Waals surface area contributed by atoms with Crippen LogP contribution in [-0.4, -0.2) is 45.9 Å². The van der Waals surface area contributed by atoms with Crippen molar-refractivity contribution in [1.82, 2.24) is 20.4 Å². The molecule has 0 fully saturated rings. The van der Waals surface area contributed by atoms with E-state index in [4.69, 9.17) is 10.4 Å². The van der Waals surface area contributed by atoms with Gasteiger partial charge in [-0.3, -0.25) is 14.3 Å². The number of halogens is 1. The first-order valence-corrected chi connectivity index (χ1v) is 11.0. The van der Waals surface area contributed by atoms with Crippen LogP contribution in [0.15, 0.2) is 42.5 Å². The number of carbonyl (C=O) groups excluding carboxylic acids is 2. The number of hydrogen-bond acceptors (Lipinski definition) is 5. The largest absolute Gasteiger partial charge is 0.396 e. The fraction of sp³-hybridized carbons (Fsp3) is 0.360. The van der Waals surface area contributed by atoms with Crippen LogP contribution in [0.2, 0.25) is 0 Å². The van der Waals surface area contributed by atoms with Gasteiger partial charge < -0.3 is 15.7 Å². The number of nitrogens with one attached hydrogen (secondary N) is 2. The number of para-hydroxylation sites is 1. The minimum absolute atomic E-state index is 0.0456. The Bertz CT molecular complexity index is 1240. The summed E-state index contributed by atoms with van der Waals surface area (Å²) in [6, 6.07) is 12.4. The average Bonchev–Trinajstić information content (AvgIpc) is 3.16. The molecule has 178 valence electrons. The molecular weight excluding hydrogens is 437 g/mol. The molecule has 0 aliphatic carbocycles. The van der Waals surface area contributed by atoms with E-state index in [-0.39, 0.29) is 30.3 Å². The van der Waals surface area contributed by atoms with Crippen LogP contribution in [0.25, 0.3) is 10.9 Å². The Morgan fingerprint density at radius 1 is 1.24 bits per heavy atom. The zero-order valence-corrected chi connectivity index (χ0v) is 19.4. The van der Waals surface area contributed by atoms with Crippen molar-refractivity contribution in [3.05, 3.63) is 65.1 Å². The summed E-state index contributed by atoms with van der Waals surface area (Å²) >= 11 is 0. The summed E-state index contributed by atoms with van der Waals surface area (Å²) < 4.78 is 16.0. The second-order valence-electron chi connectivity index (χ2n) is 9.08. The first-order valence-electron chi connectivity index (χ1n) is 11.0. The minimum Gasteiger partial charge on any atom is -0.396 e. The number of nitrogens with zero attached hydrogens (tertiary/aromatic N) is 3. The maximum Gasteiger partial charge on any atom is 0.273 e. The molecule has 0 radical (unpaired) electrons. The molecule has 2 amide bonds. The number of rotatable bonds is 8. The molecule has 34 heavy (non-hydrogen) atoms. The number of benzene rings is 2. The predicted octanol–water partition coefficient (Wildman–Crippen LogP) is 2.74. The number of aromatic nitrogens is 2. The molecule has 1 heterocycles. The number of fused-ring (bicyclic) bond motifs is 1. The molecule has 0 saturated carbocycles. The number of amides is 2. The highest BCUT2D eigenvalue weighted by Gasteiger charge is 2.34. The second kappa shape index (κ2) is 10.4. The van der Waals surface area contributed by atoms with Crippen molar-refractivity contribution in [2.24, 2.45) is 5.41 Å². The standard InChI is InChI=1S/C25H28FN5O3/c1-25(2,3)22(24(34)28-11-6-12-32)29-23(33)21-18-7-4-5-8-20(18)31(30-21)15-17-10-9-16(14-27)13-19(17)26/h4-5,7-10,13,22,32H,6,11-12,15H2,1-3H3,(H,28,34)(H,29,33)/t22-/m1/s1. The molecule has 3 aromatic rings. The van der Waals surface area contributed by atoms with Crippen molar-refractivity contribution in [3.8, 4) is 6.07 Å². The lowest BCUT2D eigenvalue weighted by Crippen LogP contribution is -2.53. The number of carbonyl (C=O) groups is 2. The van der Waals surface area contributed by atoms with E-state index >= 15 is 0 Å². The fourth-order valence-corrected chi connectivity index (χ4v) is 3.59. The summed E-state index contributed by atoms with van der Waals surface area (Å²) in [5.74, 6) is -1.40. The minimum atomic E-state index is -0.835. The molecule has 1 aromatic heterocycles. The van der Waals surface area contributed by atoms with Crippen LogP contribution < -0.4 is 10.6 Å². The molecule has 8 nitrogen and oxygen atoms in total. The molecule has 2 aromatic carbocycles. The van der Waals surface area contributed by atoms with Crippen LogP contribution in [-0.2, 0) is 11.3 Å². The van der Waals surface area contributed by atoms with Gasteiger partial charge in [-0.25, -0.2) is 4.39 Å². The quantitative estimate of drug-likeness (QED) is 0.442. The zero-order chi connectivity index (χ0) is 24.9. The second-order valence-corrected chi connectivity index (χ2v) is 9.08. The Labute approximate surface area is 197 Å². The van der Waals surface area contributed by atoms with Gasteiger partial charge in [-0.15, -0.1) is 0 Å². The highest BCUT2D eigenvalue weighted by molar-refractivity contribution is 6.06. The van der Waals surface area contributed by atoms with E-state index in [1.54, 1.807) is 24.3 Å². The van der Waals surface area contributed by atoms with Gasteiger partial charge in [-0.1, -0.05) is 45.0 Å². The number of nitriles is 1. The molecule has 0 aliphatic rings. The maximum absolute atomic E-state index is 14.5. The predicted molar refractivity (Wildman–Crippen MR) is 125 cm³/mol. The van der Waals surface area contributed by atoms with Gasteiger partial charge in [0.1, 0.15) is 11.9 Å². The van der Waals surface area contributed by atoms with Crippen molar-refractivity contribution in [2.45, 2.75) is 39.8 Å². The Morgan fingerprint density at radius 3 is 2.62 bits per heavy atom. The van der Waals surface area contributed by atoms with Gasteiger partial charge in [-0.05, 0) is 30.0 Å². The maximum atomic E-state index is 14.5. The molecule has 3 N–H and O–H groups in total. The van der Waals surface area contributed by atoms with Gasteiger partial charge in [0, 0.05) is 24.1 Å². The normalized spacial score (nSPS) is 12.2. The van der Waals surface area contributed by atoms with Crippen LogP contribution in [0, 0.1) is 22.6 Å². The van der Waals surface area contributed by atoms with Crippen molar-refractivity contribution in [1.29, 1.82) is 5.26 Å². The first-order chi connectivity index (χ1) is 16.2. The zero-order valence-electron chi connectivity index (χ0n) is 19.4. The third-order valence-corrected chi connectivity index (χ3v) is 5.41. The third-order valence-electron chi connectivity index (χ3n) is 5.41. The topological polar surface area (TPSA) is 120 Å². The molecule has 0 saturated heterocycles. The highest BCUT2D eigenvalue weighted by Crippen LogP contribution is 2.23. The van der Waals surface area contributed by atoms with Gasteiger partial charge in [-0.2, -0.15) is 10.4 Å². The van der Waals surface area contributed by atoms with E-state index in [1.807, 2.05) is 26.8 Å². The Balaban J connectivity index is 1.91. The van der Waals surface area contributed by atoms with Crippen LogP contribution >= 0.6 is 0 Å². The smallest absolute Gasteiger partial charge is 0.273 e. The lowest BCUT2D eigenvalue weighted by atomic mass is 9.86. The lowest BCUT2D eigenvalue weighted by Gasteiger charge is -2.30. The van der Waals surface area contributed by atoms with Gasteiger partial charge in [0.2, 0.25) is 5.91 Å². The average molecular weight is 466 g/mol. The summed E-state index contributed by atoms with van der Waals surface area (Å²) in [4.78, 5) is 26.0. The molecule has 1 atom stereocenters. The Hall–Kier alpha value is -3.77. The van der Waals surface area contributed by atoms with Crippen molar-refractivity contribution < 1.29 is 19.1 Å². The van der Waals surface area contributed by atoms with Crippen LogP contribution in [0.4, 0.5) is 4.39 Å². The molecule has 0 spiro atoms. The van der Waals surface area contributed by atoms with Gasteiger partial charge >= 0.3 is 0 Å². The summed E-state index contributed by atoms with van der Waals surface area (Å²) in [5.41, 5.74) is 0.730. The molecule has 0 unspecified atom stereocenters. The molecule has 0 aliphatic heterocycles. The number of hydrogen-bond donors (Lipinski definition) is 3. The van der Waals surface area contributed by atoms with Crippen molar-refractivity contribution in [2.75, 3.05) is 13.2 Å². The van der Waals surface area contributed by atoms with E-state index in [1.165, 1.54) is 16.8 Å². The van der Waals surface area contributed by atoms with E-state index < -0.39 is 23.2 Å². The molecule has 0 bridgehead atoms. The van der Waals surface area contributed by atoms with Crippen molar-refractivity contribution >= 4 is 22.7 Å². The summed E-state index contributed by atoms with van der Waals surface area (Å²) in [5, 5.41) is 28.5. The first kappa shape index (κ1) is 24.9. The Kier molecular flexibility index (Phi) is 7.64. The number of aliphatic hydroxyl groups excluding tert-OH is 1. The fourth-order valence-electron chi connectivity index (χ4n) is 3.59. The number of aliphatic hydroxyl groups is 1. The summed E-state index contributed by atoms with van der Waals surface area (Å²) in [6.07, 6.45) is 0.414. The highest BCUT2D eigenvalue weighted by atomic mass is 19.1. The third kappa shape index (κ3) is 5.58. The summed E-state index contributed by atoms with van der Waals surface area (Å²) in [7, 11) is 0.